The van der Waals surface area contributed by atoms with Crippen molar-refractivity contribution >= 4 is 13.4 Å². The molecule has 0 unspecified atom stereocenters. The normalized spacial score (nSPS) is 17.6. The van der Waals surface area contributed by atoms with E-state index in [1.807, 2.05) is 0 Å². The van der Waals surface area contributed by atoms with E-state index in [4.69, 9.17) is 13.8 Å². The van der Waals surface area contributed by atoms with Gasteiger partial charge in [0.25, 0.3) is 0 Å². The first-order valence-corrected chi connectivity index (χ1v) is 10.2. The first-order chi connectivity index (χ1) is 13.2. The molecule has 1 aliphatic heterocycles. The van der Waals surface area contributed by atoms with Crippen LogP contribution in [0.1, 0.15) is 13.8 Å². The van der Waals surface area contributed by atoms with Gasteiger partial charge >= 0.3 is 25.6 Å². The zero-order valence-corrected chi connectivity index (χ0v) is 16.5. The molecule has 29 heavy (non-hydrogen) atoms. The number of morpholine rings is 1. The lowest BCUT2D eigenvalue weighted by Gasteiger charge is -2.33. The molecule has 0 N–H and O–H groups in total. The largest absolute Gasteiger partial charge is 0.460 e. The summed E-state index contributed by atoms with van der Waals surface area (Å²) < 4.78 is 118. The van der Waals surface area contributed by atoms with Crippen LogP contribution in [0.25, 0.3) is 0 Å². The van der Waals surface area contributed by atoms with Crippen LogP contribution in [0.3, 0.4) is 0 Å². The fraction of sp³-hybridized carbons (Fsp3) is 0.800. The third kappa shape index (κ3) is 6.16. The Labute approximate surface area is 162 Å². The molecule has 1 fully saturated rings. The van der Waals surface area contributed by atoms with Crippen LogP contribution in [-0.2, 0) is 23.1 Å². The van der Waals surface area contributed by atoms with Gasteiger partial charge in [-0.1, -0.05) is 0 Å². The number of carbonyl (C=O) groups is 1. The number of ketones is 1. The van der Waals surface area contributed by atoms with Crippen molar-refractivity contribution in [3.8, 4) is 0 Å². The molecule has 1 rings (SSSR count). The smallest absolute Gasteiger partial charge is 0.378 e. The number of rotatable bonds is 10. The molecular formula is C15H21F7NO5P. The number of allylic oxidation sites excluding steroid dienone is 2. The van der Waals surface area contributed by atoms with Crippen molar-refractivity contribution < 1.29 is 53.9 Å². The van der Waals surface area contributed by atoms with Gasteiger partial charge in [-0.2, -0.15) is 30.7 Å². The van der Waals surface area contributed by atoms with E-state index in [9.17, 15) is 40.1 Å². The minimum atomic E-state index is -6.65. The highest BCUT2D eigenvalue weighted by Gasteiger charge is 2.75. The topological polar surface area (TPSA) is 65.1 Å². The fourth-order valence-corrected chi connectivity index (χ4v) is 4.11. The highest BCUT2D eigenvalue weighted by Crippen LogP contribution is 2.51. The Bertz CT molecular complexity index is 637. The molecule has 0 aromatic rings. The standard InChI is InChI=1S/C15H21F7NO5P/c1-3-27-29(25,28-4-2)10-11(23-5-7-26-8-6-23)9-12(24)13(16,17)14(18,19)15(20,21)22/h9H,3-8,10H2,1-2H3/b11-9-. The van der Waals surface area contributed by atoms with Crippen molar-refractivity contribution in [1.82, 2.24) is 4.90 Å². The quantitative estimate of drug-likeness (QED) is 0.281. The molecule has 170 valence electrons. The average Bonchev–Trinajstić information content (AvgIpc) is 2.61. The highest BCUT2D eigenvalue weighted by atomic mass is 31.2. The second-order valence-corrected chi connectivity index (χ2v) is 7.90. The molecule has 0 spiro atoms. The maximum absolute atomic E-state index is 13.7. The molecule has 1 saturated heterocycles. The Balaban J connectivity index is 3.32. The zero-order valence-electron chi connectivity index (χ0n) is 15.6. The van der Waals surface area contributed by atoms with E-state index in [2.05, 4.69) is 0 Å². The number of ether oxygens (including phenoxy) is 1. The molecule has 0 aromatic heterocycles. The SMILES string of the molecule is CCOP(=O)(C/C(=C/C(=O)C(F)(F)C(F)(F)C(F)(F)F)N1CCOCC1)OCC. The van der Waals surface area contributed by atoms with Crippen molar-refractivity contribution in [3.63, 3.8) is 0 Å². The Kier molecular flexibility index (Phi) is 8.70. The number of hydrogen-bond donors (Lipinski definition) is 0. The molecule has 0 bridgehead atoms. The minimum Gasteiger partial charge on any atom is -0.378 e. The van der Waals surface area contributed by atoms with Crippen LogP contribution < -0.4 is 0 Å². The van der Waals surface area contributed by atoms with E-state index in [0.717, 1.165) is 0 Å². The molecule has 1 heterocycles. The fourth-order valence-electron chi connectivity index (χ4n) is 2.38. The van der Waals surface area contributed by atoms with Crippen LogP contribution in [0.5, 0.6) is 0 Å². The van der Waals surface area contributed by atoms with Crippen LogP contribution in [-0.4, -0.2) is 74.4 Å². The van der Waals surface area contributed by atoms with Gasteiger partial charge < -0.3 is 18.7 Å². The summed E-state index contributed by atoms with van der Waals surface area (Å²) in [6, 6.07) is 0. The molecule has 0 radical (unpaired) electrons. The van der Waals surface area contributed by atoms with Crippen molar-refractivity contribution in [1.29, 1.82) is 0 Å². The van der Waals surface area contributed by atoms with Crippen molar-refractivity contribution in [3.05, 3.63) is 11.8 Å². The van der Waals surface area contributed by atoms with Crippen molar-refractivity contribution in [2.45, 2.75) is 31.9 Å². The second kappa shape index (κ2) is 9.76. The third-order valence-electron chi connectivity index (χ3n) is 3.78. The van der Waals surface area contributed by atoms with Crippen LogP contribution in [0.2, 0.25) is 0 Å². The summed E-state index contributed by atoms with van der Waals surface area (Å²) in [6.07, 6.45) is -7.48. The number of alkyl halides is 7. The molecule has 0 aromatic carbocycles. The molecular weight excluding hydrogens is 438 g/mol. The Morgan fingerprint density at radius 1 is 1.03 bits per heavy atom. The first kappa shape index (κ1) is 25.9. The lowest BCUT2D eigenvalue weighted by molar-refractivity contribution is -0.342. The van der Waals surface area contributed by atoms with Gasteiger partial charge in [0.1, 0.15) is 0 Å². The molecule has 0 amide bonds. The Hall–Kier alpha value is -1.17. The minimum absolute atomic E-state index is 0.00139. The predicted molar refractivity (Wildman–Crippen MR) is 87.2 cm³/mol. The number of halogens is 7. The maximum Gasteiger partial charge on any atom is 0.460 e. The van der Waals surface area contributed by atoms with Gasteiger partial charge in [-0.05, 0) is 13.8 Å². The maximum atomic E-state index is 13.7. The summed E-state index contributed by atoms with van der Waals surface area (Å²) in [4.78, 5) is 13.0. The summed E-state index contributed by atoms with van der Waals surface area (Å²) in [5, 5.41) is 0. The van der Waals surface area contributed by atoms with Crippen LogP contribution in [0, 0.1) is 0 Å². The summed E-state index contributed by atoms with van der Waals surface area (Å²) in [7, 11) is -3.98. The summed E-state index contributed by atoms with van der Waals surface area (Å²) in [5.41, 5.74) is -0.471. The number of nitrogens with zero attached hydrogens (tertiary/aromatic N) is 1. The first-order valence-electron chi connectivity index (χ1n) is 8.50. The number of carbonyl (C=O) groups excluding carboxylic acids is 1. The van der Waals surface area contributed by atoms with E-state index in [1.54, 1.807) is 0 Å². The van der Waals surface area contributed by atoms with Gasteiger partial charge in [0, 0.05) is 24.9 Å². The van der Waals surface area contributed by atoms with Crippen LogP contribution in [0.15, 0.2) is 11.8 Å². The monoisotopic (exact) mass is 459 g/mol. The Morgan fingerprint density at radius 2 is 1.52 bits per heavy atom. The molecule has 0 saturated carbocycles. The van der Waals surface area contributed by atoms with E-state index in [-0.39, 0.29) is 45.6 Å². The number of hydrogen-bond acceptors (Lipinski definition) is 6. The summed E-state index contributed by atoms with van der Waals surface area (Å²) >= 11 is 0. The second-order valence-electron chi connectivity index (χ2n) is 5.85. The van der Waals surface area contributed by atoms with Crippen molar-refractivity contribution in [2.24, 2.45) is 0 Å². The van der Waals surface area contributed by atoms with Gasteiger partial charge in [-0.15, -0.1) is 0 Å². The summed E-state index contributed by atoms with van der Waals surface area (Å²) in [5.74, 6) is -15.4. The molecule has 0 aliphatic carbocycles. The zero-order chi connectivity index (χ0) is 22.5. The van der Waals surface area contributed by atoms with Gasteiger partial charge in [-0.25, -0.2) is 0 Å². The van der Waals surface area contributed by atoms with E-state index >= 15 is 0 Å². The van der Waals surface area contributed by atoms with Crippen LogP contribution >= 0.6 is 7.60 Å². The predicted octanol–water partition coefficient (Wildman–Crippen LogP) is 3.87. The average molecular weight is 459 g/mol. The van der Waals surface area contributed by atoms with Crippen molar-refractivity contribution in [2.75, 3.05) is 45.7 Å². The molecule has 0 atom stereocenters. The van der Waals surface area contributed by atoms with Crippen LogP contribution in [0.4, 0.5) is 30.7 Å². The summed E-state index contributed by atoms with van der Waals surface area (Å²) in [6.45, 7) is 2.79. The molecule has 1 aliphatic rings. The Morgan fingerprint density at radius 3 is 1.93 bits per heavy atom. The van der Waals surface area contributed by atoms with E-state index in [1.165, 1.54) is 18.7 Å². The van der Waals surface area contributed by atoms with Gasteiger partial charge in [-0.3, -0.25) is 9.36 Å². The molecule has 14 heteroatoms. The van der Waals surface area contributed by atoms with Gasteiger partial charge in [0.15, 0.2) is 0 Å². The van der Waals surface area contributed by atoms with Gasteiger partial charge in [0.2, 0.25) is 5.78 Å². The van der Waals surface area contributed by atoms with E-state index < -0.39 is 43.3 Å². The third-order valence-corrected chi connectivity index (χ3v) is 5.80. The lowest BCUT2D eigenvalue weighted by atomic mass is 10.1. The highest BCUT2D eigenvalue weighted by molar-refractivity contribution is 7.54. The van der Waals surface area contributed by atoms with Gasteiger partial charge in [0.05, 0.1) is 32.6 Å². The lowest BCUT2D eigenvalue weighted by Crippen LogP contribution is -2.56. The van der Waals surface area contributed by atoms with E-state index in [0.29, 0.717) is 0 Å². The molecule has 6 nitrogen and oxygen atoms in total.